The number of nitrogens with zero attached hydrogens (tertiary/aromatic N) is 2. The molecular weight excluding hydrogens is 406 g/mol. The predicted octanol–water partition coefficient (Wildman–Crippen LogP) is 3.20. The van der Waals surface area contributed by atoms with E-state index in [0.717, 1.165) is 17.7 Å². The minimum atomic E-state index is -1.06. The molecule has 0 aliphatic carbocycles. The lowest BCUT2D eigenvalue weighted by atomic mass is 10.1. The topological polar surface area (TPSA) is 86.8 Å². The van der Waals surface area contributed by atoms with Crippen molar-refractivity contribution in [1.29, 1.82) is 0 Å². The number of benzene rings is 2. The molecule has 0 saturated carbocycles. The van der Waals surface area contributed by atoms with E-state index < -0.39 is 23.8 Å². The number of nitrogens with one attached hydrogen (secondary N) is 1. The number of anilines is 1. The van der Waals surface area contributed by atoms with Gasteiger partial charge in [-0.15, -0.1) is 0 Å². The number of hydrogen-bond donors (Lipinski definition) is 1. The van der Waals surface area contributed by atoms with Crippen LogP contribution in [-0.4, -0.2) is 52.6 Å². The van der Waals surface area contributed by atoms with E-state index in [9.17, 15) is 19.2 Å². The minimum absolute atomic E-state index is 0.187. The Hall–Kier alpha value is -3.19. The third kappa shape index (κ3) is 3.45. The molecule has 2 aliphatic rings. The summed E-state index contributed by atoms with van der Waals surface area (Å²) in [4.78, 5) is 53.7. The summed E-state index contributed by atoms with van der Waals surface area (Å²) in [6.45, 7) is 2.81. The lowest BCUT2D eigenvalue weighted by Crippen LogP contribution is -2.45. The summed E-state index contributed by atoms with van der Waals surface area (Å²) in [5.74, 6) is -1.80. The molecule has 2 aromatic rings. The van der Waals surface area contributed by atoms with E-state index in [4.69, 9.17) is 11.6 Å². The second kappa shape index (κ2) is 7.91. The summed E-state index contributed by atoms with van der Waals surface area (Å²) in [6, 6.07) is 10.1. The molecule has 1 fully saturated rings. The van der Waals surface area contributed by atoms with Gasteiger partial charge in [0, 0.05) is 18.1 Å². The first-order valence-corrected chi connectivity index (χ1v) is 10.1. The third-order valence-corrected chi connectivity index (χ3v) is 5.69. The van der Waals surface area contributed by atoms with Gasteiger partial charge in [0.25, 0.3) is 17.7 Å². The van der Waals surface area contributed by atoms with E-state index in [1.807, 2.05) is 0 Å². The highest BCUT2D eigenvalue weighted by Gasteiger charge is 2.40. The lowest BCUT2D eigenvalue weighted by Gasteiger charge is -2.23. The first kappa shape index (κ1) is 20.1. The van der Waals surface area contributed by atoms with Crippen LogP contribution in [0, 0.1) is 0 Å². The van der Waals surface area contributed by atoms with Crippen molar-refractivity contribution < 1.29 is 19.2 Å². The Labute approximate surface area is 178 Å². The van der Waals surface area contributed by atoms with Crippen molar-refractivity contribution in [3.8, 4) is 0 Å². The van der Waals surface area contributed by atoms with Gasteiger partial charge in [-0.1, -0.05) is 23.7 Å². The monoisotopic (exact) mass is 425 g/mol. The number of imide groups is 1. The zero-order valence-electron chi connectivity index (χ0n) is 16.4. The molecule has 0 bridgehead atoms. The van der Waals surface area contributed by atoms with E-state index in [-0.39, 0.29) is 22.7 Å². The van der Waals surface area contributed by atoms with Crippen LogP contribution in [0.4, 0.5) is 5.69 Å². The zero-order chi connectivity index (χ0) is 21.4. The molecule has 2 aromatic carbocycles. The van der Waals surface area contributed by atoms with E-state index >= 15 is 0 Å². The van der Waals surface area contributed by atoms with Crippen molar-refractivity contribution >= 4 is 40.9 Å². The predicted molar refractivity (Wildman–Crippen MR) is 112 cm³/mol. The second-order valence-corrected chi connectivity index (χ2v) is 7.82. The van der Waals surface area contributed by atoms with Crippen molar-refractivity contribution in [3.05, 3.63) is 64.2 Å². The molecule has 4 amide bonds. The molecule has 30 heavy (non-hydrogen) atoms. The van der Waals surface area contributed by atoms with Crippen LogP contribution in [0.25, 0.3) is 0 Å². The fourth-order valence-electron chi connectivity index (χ4n) is 3.81. The smallest absolute Gasteiger partial charge is 0.262 e. The molecule has 7 nitrogen and oxygen atoms in total. The Kier molecular flexibility index (Phi) is 5.30. The normalized spacial score (nSPS) is 16.6. The van der Waals surface area contributed by atoms with Crippen molar-refractivity contribution in [2.75, 3.05) is 18.4 Å². The maximum Gasteiger partial charge on any atom is 0.262 e. The fraction of sp³-hybridized carbons (Fsp3) is 0.273. The van der Waals surface area contributed by atoms with E-state index in [2.05, 4.69) is 5.32 Å². The van der Waals surface area contributed by atoms with Crippen LogP contribution in [0.2, 0.25) is 5.02 Å². The average molecular weight is 426 g/mol. The van der Waals surface area contributed by atoms with Crippen molar-refractivity contribution in [3.63, 3.8) is 0 Å². The van der Waals surface area contributed by atoms with Crippen LogP contribution in [0.5, 0.6) is 0 Å². The molecule has 0 radical (unpaired) electrons. The zero-order valence-corrected chi connectivity index (χ0v) is 17.1. The summed E-state index contributed by atoms with van der Waals surface area (Å²) in [5, 5.41) is 3.04. The number of carbonyl (C=O) groups is 4. The molecule has 2 heterocycles. The van der Waals surface area contributed by atoms with Gasteiger partial charge in [0.15, 0.2) is 0 Å². The van der Waals surface area contributed by atoms with Crippen LogP contribution in [0.1, 0.15) is 50.8 Å². The van der Waals surface area contributed by atoms with Crippen LogP contribution in [0.15, 0.2) is 42.5 Å². The number of hydrogen-bond acceptors (Lipinski definition) is 4. The van der Waals surface area contributed by atoms with E-state index in [0.29, 0.717) is 23.7 Å². The maximum absolute atomic E-state index is 12.9. The summed E-state index contributed by atoms with van der Waals surface area (Å²) < 4.78 is 0. The van der Waals surface area contributed by atoms with Gasteiger partial charge in [-0.25, -0.2) is 0 Å². The van der Waals surface area contributed by atoms with E-state index in [1.165, 1.54) is 13.0 Å². The standard InChI is InChI=1S/C22H20ClN3O4/c1-13(26-21(29)15-6-2-3-7-16(15)22(26)30)19(27)24-18-12-14(23)8-9-17(18)20(28)25-10-4-5-11-25/h2-3,6-9,12-13H,4-5,10-11H2,1H3,(H,24,27). The molecule has 1 N–H and O–H groups in total. The lowest BCUT2D eigenvalue weighted by molar-refractivity contribution is -0.119. The molecule has 0 aromatic heterocycles. The highest BCUT2D eigenvalue weighted by atomic mass is 35.5. The Morgan fingerprint density at radius 3 is 2.20 bits per heavy atom. The minimum Gasteiger partial charge on any atom is -0.339 e. The molecule has 4 rings (SSSR count). The van der Waals surface area contributed by atoms with Crippen LogP contribution in [0.3, 0.4) is 0 Å². The number of likely N-dealkylation sites (tertiary alicyclic amines) is 1. The van der Waals surface area contributed by atoms with Crippen molar-refractivity contribution in [2.24, 2.45) is 0 Å². The van der Waals surface area contributed by atoms with Gasteiger partial charge in [0.05, 0.1) is 22.4 Å². The molecule has 154 valence electrons. The SMILES string of the molecule is CC(C(=O)Nc1cc(Cl)ccc1C(=O)N1CCCC1)N1C(=O)c2ccccc2C1=O. The van der Waals surface area contributed by atoms with Gasteiger partial charge in [-0.3, -0.25) is 24.1 Å². The molecule has 1 saturated heterocycles. The number of rotatable bonds is 4. The molecule has 2 aliphatic heterocycles. The van der Waals surface area contributed by atoms with Gasteiger partial charge < -0.3 is 10.2 Å². The molecule has 1 unspecified atom stereocenters. The largest absolute Gasteiger partial charge is 0.339 e. The maximum atomic E-state index is 12.9. The quantitative estimate of drug-likeness (QED) is 0.762. The van der Waals surface area contributed by atoms with Crippen LogP contribution < -0.4 is 5.32 Å². The molecule has 8 heteroatoms. The van der Waals surface area contributed by atoms with Crippen molar-refractivity contribution in [1.82, 2.24) is 9.80 Å². The number of amides is 4. The van der Waals surface area contributed by atoms with Crippen LogP contribution in [-0.2, 0) is 4.79 Å². The van der Waals surface area contributed by atoms with E-state index in [1.54, 1.807) is 41.3 Å². The molecule has 1 atom stereocenters. The Bertz CT molecular complexity index is 1030. The van der Waals surface area contributed by atoms with Gasteiger partial charge >= 0.3 is 0 Å². The average Bonchev–Trinajstić information content (AvgIpc) is 3.35. The summed E-state index contributed by atoms with van der Waals surface area (Å²) in [5.41, 5.74) is 1.13. The summed E-state index contributed by atoms with van der Waals surface area (Å²) >= 11 is 6.08. The summed E-state index contributed by atoms with van der Waals surface area (Å²) in [6.07, 6.45) is 1.88. The Balaban J connectivity index is 1.57. The molecular formula is C22H20ClN3O4. The molecule has 0 spiro atoms. The number of fused-ring (bicyclic) bond motifs is 1. The van der Waals surface area contributed by atoms with Gasteiger partial charge in [-0.2, -0.15) is 0 Å². The Morgan fingerprint density at radius 1 is 1.00 bits per heavy atom. The van der Waals surface area contributed by atoms with Gasteiger partial charge in [0.1, 0.15) is 6.04 Å². The second-order valence-electron chi connectivity index (χ2n) is 7.38. The Morgan fingerprint density at radius 2 is 1.60 bits per heavy atom. The highest BCUT2D eigenvalue weighted by molar-refractivity contribution is 6.31. The van der Waals surface area contributed by atoms with Gasteiger partial charge in [-0.05, 0) is 50.1 Å². The fourth-order valence-corrected chi connectivity index (χ4v) is 3.98. The summed E-state index contributed by atoms with van der Waals surface area (Å²) in [7, 11) is 0. The highest BCUT2D eigenvalue weighted by Crippen LogP contribution is 2.27. The number of carbonyl (C=O) groups excluding carboxylic acids is 4. The van der Waals surface area contributed by atoms with Crippen molar-refractivity contribution in [2.45, 2.75) is 25.8 Å². The third-order valence-electron chi connectivity index (χ3n) is 5.46. The first-order chi connectivity index (χ1) is 14.4. The number of halogens is 1. The van der Waals surface area contributed by atoms with Gasteiger partial charge in [0.2, 0.25) is 5.91 Å². The van der Waals surface area contributed by atoms with Crippen LogP contribution >= 0.6 is 11.6 Å². The first-order valence-electron chi connectivity index (χ1n) is 9.75.